The van der Waals surface area contributed by atoms with E-state index in [4.69, 9.17) is 0 Å². The van der Waals surface area contributed by atoms with E-state index >= 15 is 0 Å². The summed E-state index contributed by atoms with van der Waals surface area (Å²) in [7, 11) is 3.58. The first-order chi connectivity index (χ1) is 7.06. The van der Waals surface area contributed by atoms with E-state index < -0.39 is 0 Å². The van der Waals surface area contributed by atoms with Crippen LogP contribution in [-0.4, -0.2) is 26.0 Å². The fourth-order valence-electron chi connectivity index (χ4n) is 1.31. The summed E-state index contributed by atoms with van der Waals surface area (Å²) < 4.78 is 0. The lowest BCUT2D eigenvalue weighted by molar-refractivity contribution is -0.119. The van der Waals surface area contributed by atoms with Crippen molar-refractivity contribution in [1.29, 1.82) is 0 Å². The monoisotopic (exact) mass is 206 g/mol. The Balaban J connectivity index is 2.80. The van der Waals surface area contributed by atoms with Crippen LogP contribution in [0.25, 0.3) is 0 Å². The smallest absolute Gasteiger partial charge is 0.243 e. The molecule has 3 heteroatoms. The third-order valence-corrected chi connectivity index (χ3v) is 2.56. The van der Waals surface area contributed by atoms with Gasteiger partial charge >= 0.3 is 0 Å². The standard InChI is InChI=1S/C12H18N2O/c1-9-5-7-11(8-6-9)14(4)12(15)10(2)13-3/h5-8,10,13H,1-4H3. The predicted octanol–water partition coefficient (Wildman–Crippen LogP) is 1.57. The Morgan fingerprint density at radius 2 is 1.87 bits per heavy atom. The number of carbonyl (C=O) groups excluding carboxylic acids is 1. The fourth-order valence-corrected chi connectivity index (χ4v) is 1.31. The lowest BCUT2D eigenvalue weighted by Crippen LogP contribution is -2.41. The van der Waals surface area contributed by atoms with Crippen LogP contribution in [0.4, 0.5) is 5.69 Å². The van der Waals surface area contributed by atoms with Gasteiger partial charge in [-0.3, -0.25) is 4.79 Å². The van der Waals surface area contributed by atoms with Gasteiger partial charge in [-0.05, 0) is 33.0 Å². The van der Waals surface area contributed by atoms with Crippen LogP contribution in [-0.2, 0) is 4.79 Å². The van der Waals surface area contributed by atoms with Gasteiger partial charge in [0.2, 0.25) is 5.91 Å². The number of hydrogen-bond donors (Lipinski definition) is 1. The quantitative estimate of drug-likeness (QED) is 0.814. The summed E-state index contributed by atoms with van der Waals surface area (Å²) in [6, 6.07) is 7.76. The maximum atomic E-state index is 11.8. The minimum Gasteiger partial charge on any atom is -0.314 e. The van der Waals surface area contributed by atoms with Crippen LogP contribution >= 0.6 is 0 Å². The van der Waals surface area contributed by atoms with Crippen molar-refractivity contribution < 1.29 is 4.79 Å². The van der Waals surface area contributed by atoms with E-state index in [9.17, 15) is 4.79 Å². The number of nitrogens with one attached hydrogen (secondary N) is 1. The molecule has 1 atom stereocenters. The molecule has 0 aliphatic carbocycles. The number of likely N-dealkylation sites (N-methyl/N-ethyl adjacent to an activating group) is 2. The van der Waals surface area contributed by atoms with Gasteiger partial charge in [0.05, 0.1) is 6.04 Å². The van der Waals surface area contributed by atoms with E-state index in [-0.39, 0.29) is 11.9 Å². The van der Waals surface area contributed by atoms with Gasteiger partial charge in [0.1, 0.15) is 0 Å². The maximum Gasteiger partial charge on any atom is 0.243 e. The summed E-state index contributed by atoms with van der Waals surface area (Å²) in [4.78, 5) is 13.5. The van der Waals surface area contributed by atoms with Crippen molar-refractivity contribution in [3.05, 3.63) is 29.8 Å². The maximum absolute atomic E-state index is 11.8. The molecule has 0 bridgehead atoms. The SMILES string of the molecule is CNC(C)C(=O)N(C)c1ccc(C)cc1. The minimum absolute atomic E-state index is 0.0707. The average molecular weight is 206 g/mol. The molecule has 0 aliphatic rings. The lowest BCUT2D eigenvalue weighted by atomic mass is 10.2. The number of amides is 1. The molecule has 0 aliphatic heterocycles. The van der Waals surface area contributed by atoms with Gasteiger partial charge < -0.3 is 10.2 Å². The van der Waals surface area contributed by atoms with E-state index in [2.05, 4.69) is 5.32 Å². The number of hydrogen-bond acceptors (Lipinski definition) is 2. The Bertz CT molecular complexity index is 332. The van der Waals surface area contributed by atoms with Gasteiger partial charge in [0.15, 0.2) is 0 Å². The number of anilines is 1. The molecule has 1 N–H and O–H groups in total. The number of rotatable bonds is 3. The molecule has 1 amide bonds. The van der Waals surface area contributed by atoms with Crippen LogP contribution in [0.3, 0.4) is 0 Å². The highest BCUT2D eigenvalue weighted by atomic mass is 16.2. The van der Waals surface area contributed by atoms with Crippen LogP contribution in [0, 0.1) is 6.92 Å². The van der Waals surface area contributed by atoms with E-state index in [1.807, 2.05) is 38.1 Å². The second-order valence-corrected chi connectivity index (χ2v) is 3.74. The van der Waals surface area contributed by atoms with Crippen molar-refractivity contribution in [1.82, 2.24) is 5.32 Å². The number of carbonyl (C=O) groups is 1. The van der Waals surface area contributed by atoms with Crippen molar-refractivity contribution in [3.8, 4) is 0 Å². The Hall–Kier alpha value is -1.35. The Labute approximate surface area is 91.1 Å². The zero-order chi connectivity index (χ0) is 11.4. The van der Waals surface area contributed by atoms with Crippen LogP contribution < -0.4 is 10.2 Å². The summed E-state index contributed by atoms with van der Waals surface area (Å²) in [5.74, 6) is 0.0707. The molecule has 0 heterocycles. The van der Waals surface area contributed by atoms with E-state index in [0.29, 0.717) is 0 Å². The van der Waals surface area contributed by atoms with Crippen molar-refractivity contribution >= 4 is 11.6 Å². The van der Waals surface area contributed by atoms with Crippen molar-refractivity contribution in [3.63, 3.8) is 0 Å². The molecule has 1 aromatic carbocycles. The van der Waals surface area contributed by atoms with E-state index in [1.165, 1.54) is 5.56 Å². The molecule has 0 spiro atoms. The van der Waals surface area contributed by atoms with Gasteiger partial charge in [-0.2, -0.15) is 0 Å². The lowest BCUT2D eigenvalue weighted by Gasteiger charge is -2.21. The Morgan fingerprint density at radius 3 is 2.33 bits per heavy atom. The van der Waals surface area contributed by atoms with Crippen molar-refractivity contribution in [2.75, 3.05) is 19.0 Å². The molecule has 15 heavy (non-hydrogen) atoms. The number of benzene rings is 1. The second-order valence-electron chi connectivity index (χ2n) is 3.74. The molecule has 1 rings (SSSR count). The molecular formula is C12H18N2O. The first kappa shape index (κ1) is 11.7. The number of nitrogens with zero attached hydrogens (tertiary/aromatic N) is 1. The van der Waals surface area contributed by atoms with Gasteiger partial charge in [-0.25, -0.2) is 0 Å². The minimum atomic E-state index is -0.156. The Morgan fingerprint density at radius 1 is 1.33 bits per heavy atom. The summed E-state index contributed by atoms with van der Waals surface area (Å²) >= 11 is 0. The molecule has 0 saturated carbocycles. The molecule has 0 radical (unpaired) electrons. The predicted molar refractivity (Wildman–Crippen MR) is 63.1 cm³/mol. The first-order valence-electron chi connectivity index (χ1n) is 5.07. The van der Waals surface area contributed by atoms with Crippen LogP contribution in [0.5, 0.6) is 0 Å². The third-order valence-electron chi connectivity index (χ3n) is 2.56. The van der Waals surface area contributed by atoms with E-state index in [0.717, 1.165) is 5.69 Å². The first-order valence-corrected chi connectivity index (χ1v) is 5.07. The summed E-state index contributed by atoms with van der Waals surface area (Å²) in [5.41, 5.74) is 2.12. The average Bonchev–Trinajstić information content (AvgIpc) is 2.27. The van der Waals surface area contributed by atoms with Crippen molar-refractivity contribution in [2.45, 2.75) is 19.9 Å². The summed E-state index contributed by atoms with van der Waals surface area (Å²) in [6.07, 6.45) is 0. The second kappa shape index (κ2) is 4.94. The molecule has 1 unspecified atom stereocenters. The summed E-state index contributed by atoms with van der Waals surface area (Å²) in [6.45, 7) is 3.88. The molecule has 3 nitrogen and oxygen atoms in total. The molecule has 82 valence electrons. The van der Waals surface area contributed by atoms with Crippen LogP contribution in [0.2, 0.25) is 0 Å². The fraction of sp³-hybridized carbons (Fsp3) is 0.417. The zero-order valence-electron chi connectivity index (χ0n) is 9.74. The highest BCUT2D eigenvalue weighted by molar-refractivity contribution is 5.96. The molecular weight excluding hydrogens is 188 g/mol. The highest BCUT2D eigenvalue weighted by Crippen LogP contribution is 2.14. The molecule has 0 fully saturated rings. The normalized spacial score (nSPS) is 12.3. The summed E-state index contributed by atoms with van der Waals surface area (Å²) in [5, 5.41) is 2.94. The van der Waals surface area contributed by atoms with Gasteiger partial charge in [-0.15, -0.1) is 0 Å². The van der Waals surface area contributed by atoms with Gasteiger partial charge in [-0.1, -0.05) is 17.7 Å². The molecule has 1 aromatic rings. The van der Waals surface area contributed by atoms with Gasteiger partial charge in [0, 0.05) is 12.7 Å². The van der Waals surface area contributed by atoms with Crippen LogP contribution in [0.15, 0.2) is 24.3 Å². The largest absolute Gasteiger partial charge is 0.314 e. The van der Waals surface area contributed by atoms with Crippen molar-refractivity contribution in [2.24, 2.45) is 0 Å². The van der Waals surface area contributed by atoms with Gasteiger partial charge in [0.25, 0.3) is 0 Å². The molecule has 0 aromatic heterocycles. The highest BCUT2D eigenvalue weighted by Gasteiger charge is 2.16. The van der Waals surface area contributed by atoms with Crippen LogP contribution in [0.1, 0.15) is 12.5 Å². The zero-order valence-corrected chi connectivity index (χ0v) is 9.74. The third kappa shape index (κ3) is 2.80. The molecule has 0 saturated heterocycles. The Kier molecular flexibility index (Phi) is 3.86. The topological polar surface area (TPSA) is 32.3 Å². The number of aryl methyl sites for hydroxylation is 1. The van der Waals surface area contributed by atoms with E-state index in [1.54, 1.807) is 19.0 Å².